The fraction of sp³-hybridized carbons (Fsp3) is 0.625. The standard InChI is InChI=1S/C16H25ClO/c1-12(2)15-6-5-14(4)16(11-15)18-10-8-13(3)7-9-17/h5-6,11-13H,7-10H2,1-4H3. The lowest BCUT2D eigenvalue weighted by Gasteiger charge is -2.14. The molecule has 0 spiro atoms. The molecule has 1 atom stereocenters. The third-order valence-corrected chi connectivity index (χ3v) is 3.57. The van der Waals surface area contributed by atoms with Crippen LogP contribution in [0.1, 0.15) is 50.7 Å². The molecule has 1 unspecified atom stereocenters. The summed E-state index contributed by atoms with van der Waals surface area (Å²) in [6.07, 6.45) is 2.13. The molecule has 1 aromatic carbocycles. The van der Waals surface area contributed by atoms with Gasteiger partial charge in [0, 0.05) is 5.88 Å². The highest BCUT2D eigenvalue weighted by Gasteiger charge is 2.06. The monoisotopic (exact) mass is 268 g/mol. The zero-order chi connectivity index (χ0) is 13.5. The van der Waals surface area contributed by atoms with Gasteiger partial charge < -0.3 is 4.74 Å². The Bertz CT molecular complexity index is 360. The zero-order valence-corrected chi connectivity index (χ0v) is 12.8. The van der Waals surface area contributed by atoms with E-state index in [4.69, 9.17) is 16.3 Å². The van der Waals surface area contributed by atoms with Crippen molar-refractivity contribution in [1.29, 1.82) is 0 Å². The van der Waals surface area contributed by atoms with Crippen LogP contribution in [0.2, 0.25) is 0 Å². The molecule has 0 saturated carbocycles. The topological polar surface area (TPSA) is 9.23 Å². The van der Waals surface area contributed by atoms with Gasteiger partial charge in [0.15, 0.2) is 0 Å². The average molecular weight is 269 g/mol. The molecule has 0 fully saturated rings. The van der Waals surface area contributed by atoms with Gasteiger partial charge in [0.2, 0.25) is 0 Å². The fourth-order valence-corrected chi connectivity index (χ4v) is 2.20. The van der Waals surface area contributed by atoms with E-state index in [2.05, 4.69) is 45.9 Å². The van der Waals surface area contributed by atoms with Crippen molar-refractivity contribution in [3.05, 3.63) is 29.3 Å². The van der Waals surface area contributed by atoms with Crippen LogP contribution < -0.4 is 4.74 Å². The molecule has 102 valence electrons. The minimum atomic E-state index is 0.545. The third kappa shape index (κ3) is 4.89. The van der Waals surface area contributed by atoms with E-state index in [1.807, 2.05) is 0 Å². The number of aryl methyl sites for hydroxylation is 1. The molecule has 1 nitrogen and oxygen atoms in total. The molecule has 18 heavy (non-hydrogen) atoms. The summed E-state index contributed by atoms with van der Waals surface area (Å²) in [6.45, 7) is 9.51. The largest absolute Gasteiger partial charge is 0.493 e. The van der Waals surface area contributed by atoms with Crippen LogP contribution in [-0.4, -0.2) is 12.5 Å². The molecule has 0 aromatic heterocycles. The van der Waals surface area contributed by atoms with E-state index in [1.54, 1.807) is 0 Å². The molecule has 0 amide bonds. The lowest BCUT2D eigenvalue weighted by Crippen LogP contribution is -2.06. The minimum Gasteiger partial charge on any atom is -0.493 e. The van der Waals surface area contributed by atoms with Crippen molar-refractivity contribution in [3.63, 3.8) is 0 Å². The molecule has 0 N–H and O–H groups in total. The Morgan fingerprint density at radius 1 is 1.17 bits per heavy atom. The lowest BCUT2D eigenvalue weighted by atomic mass is 10.0. The van der Waals surface area contributed by atoms with Crippen LogP contribution in [0.4, 0.5) is 0 Å². The van der Waals surface area contributed by atoms with Crippen LogP contribution in [-0.2, 0) is 0 Å². The Morgan fingerprint density at radius 2 is 1.89 bits per heavy atom. The van der Waals surface area contributed by atoms with Crippen molar-refractivity contribution in [2.75, 3.05) is 12.5 Å². The van der Waals surface area contributed by atoms with E-state index in [0.717, 1.165) is 31.1 Å². The average Bonchev–Trinajstić information content (AvgIpc) is 2.31. The van der Waals surface area contributed by atoms with Crippen LogP contribution >= 0.6 is 11.6 Å². The summed E-state index contributed by atoms with van der Waals surface area (Å²) in [7, 11) is 0. The van der Waals surface area contributed by atoms with Crippen molar-refractivity contribution in [1.82, 2.24) is 0 Å². The second-order valence-electron chi connectivity index (χ2n) is 5.40. The number of rotatable bonds is 7. The second-order valence-corrected chi connectivity index (χ2v) is 5.78. The first kappa shape index (κ1) is 15.4. The summed E-state index contributed by atoms with van der Waals surface area (Å²) < 4.78 is 5.90. The number of hydrogen-bond donors (Lipinski definition) is 0. The van der Waals surface area contributed by atoms with Crippen molar-refractivity contribution in [2.45, 2.75) is 46.5 Å². The molecule has 0 saturated heterocycles. The Balaban J connectivity index is 2.53. The second kappa shape index (κ2) is 7.68. The van der Waals surface area contributed by atoms with Gasteiger partial charge in [-0.1, -0.05) is 32.9 Å². The highest BCUT2D eigenvalue weighted by Crippen LogP contribution is 2.24. The van der Waals surface area contributed by atoms with E-state index < -0.39 is 0 Å². The van der Waals surface area contributed by atoms with E-state index in [1.165, 1.54) is 11.1 Å². The molecule has 0 radical (unpaired) electrons. The Labute approximate surface area is 116 Å². The Hall–Kier alpha value is -0.690. The van der Waals surface area contributed by atoms with E-state index in [9.17, 15) is 0 Å². The van der Waals surface area contributed by atoms with Gasteiger partial charge in [0.1, 0.15) is 5.75 Å². The van der Waals surface area contributed by atoms with Crippen LogP contribution in [0.15, 0.2) is 18.2 Å². The normalized spacial score (nSPS) is 12.8. The molecule has 1 rings (SSSR count). The van der Waals surface area contributed by atoms with Gasteiger partial charge in [-0.3, -0.25) is 0 Å². The van der Waals surface area contributed by atoms with Gasteiger partial charge in [-0.25, -0.2) is 0 Å². The van der Waals surface area contributed by atoms with Crippen LogP contribution in [0.5, 0.6) is 5.75 Å². The van der Waals surface area contributed by atoms with Crippen molar-refractivity contribution >= 4 is 11.6 Å². The quantitative estimate of drug-likeness (QED) is 0.621. The molecular formula is C16H25ClO. The SMILES string of the molecule is Cc1ccc(C(C)C)cc1OCCC(C)CCCl. The first-order valence-electron chi connectivity index (χ1n) is 6.84. The molecule has 1 aromatic rings. The number of halogens is 1. The van der Waals surface area contributed by atoms with Gasteiger partial charge in [-0.05, 0) is 48.8 Å². The highest BCUT2D eigenvalue weighted by atomic mass is 35.5. The van der Waals surface area contributed by atoms with Gasteiger partial charge in [-0.2, -0.15) is 0 Å². The van der Waals surface area contributed by atoms with E-state index in [0.29, 0.717) is 11.8 Å². The minimum absolute atomic E-state index is 0.545. The molecule has 0 heterocycles. The van der Waals surface area contributed by atoms with Gasteiger partial charge in [-0.15, -0.1) is 11.6 Å². The molecular weight excluding hydrogens is 244 g/mol. The lowest BCUT2D eigenvalue weighted by molar-refractivity contribution is 0.280. The molecule has 2 heteroatoms. The summed E-state index contributed by atoms with van der Waals surface area (Å²) in [5, 5.41) is 0. The third-order valence-electron chi connectivity index (χ3n) is 3.35. The number of ether oxygens (including phenoxy) is 1. The maximum atomic E-state index is 5.90. The molecule has 0 bridgehead atoms. The summed E-state index contributed by atoms with van der Waals surface area (Å²) in [5.74, 6) is 2.95. The summed E-state index contributed by atoms with van der Waals surface area (Å²) in [6, 6.07) is 6.50. The Morgan fingerprint density at radius 3 is 2.50 bits per heavy atom. The predicted octanol–water partition coefficient (Wildman–Crippen LogP) is 5.15. The summed E-state index contributed by atoms with van der Waals surface area (Å²) >= 11 is 5.73. The maximum absolute atomic E-state index is 5.90. The summed E-state index contributed by atoms with van der Waals surface area (Å²) in [5.41, 5.74) is 2.55. The molecule has 0 aliphatic heterocycles. The van der Waals surface area contributed by atoms with E-state index >= 15 is 0 Å². The number of alkyl halides is 1. The van der Waals surface area contributed by atoms with Gasteiger partial charge in [0.05, 0.1) is 6.61 Å². The molecule has 0 aliphatic carbocycles. The Kier molecular flexibility index (Phi) is 6.56. The van der Waals surface area contributed by atoms with Gasteiger partial charge >= 0.3 is 0 Å². The summed E-state index contributed by atoms with van der Waals surface area (Å²) in [4.78, 5) is 0. The van der Waals surface area contributed by atoms with Crippen molar-refractivity contribution < 1.29 is 4.74 Å². The van der Waals surface area contributed by atoms with Crippen LogP contribution in [0.3, 0.4) is 0 Å². The smallest absolute Gasteiger partial charge is 0.122 e. The predicted molar refractivity (Wildman–Crippen MR) is 79.9 cm³/mol. The van der Waals surface area contributed by atoms with Crippen molar-refractivity contribution in [3.8, 4) is 5.75 Å². The molecule has 0 aliphatic rings. The van der Waals surface area contributed by atoms with Gasteiger partial charge in [0.25, 0.3) is 0 Å². The first-order valence-corrected chi connectivity index (χ1v) is 7.37. The fourth-order valence-electron chi connectivity index (χ4n) is 1.83. The van der Waals surface area contributed by atoms with Crippen LogP contribution in [0.25, 0.3) is 0 Å². The maximum Gasteiger partial charge on any atom is 0.122 e. The number of hydrogen-bond acceptors (Lipinski definition) is 1. The zero-order valence-electron chi connectivity index (χ0n) is 12.0. The highest BCUT2D eigenvalue weighted by molar-refractivity contribution is 6.17. The van der Waals surface area contributed by atoms with Crippen LogP contribution in [0, 0.1) is 12.8 Å². The number of benzene rings is 1. The van der Waals surface area contributed by atoms with Crippen molar-refractivity contribution in [2.24, 2.45) is 5.92 Å². The first-order chi connectivity index (χ1) is 8.54. The van der Waals surface area contributed by atoms with E-state index in [-0.39, 0.29) is 0 Å².